The number of hydrogen-bond acceptors (Lipinski definition) is 4. The van der Waals surface area contributed by atoms with Crippen LogP contribution in [-0.4, -0.2) is 32.0 Å². The van der Waals surface area contributed by atoms with Crippen LogP contribution in [0.4, 0.5) is 0 Å². The van der Waals surface area contributed by atoms with Crippen LogP contribution in [0.1, 0.15) is 42.0 Å². The fourth-order valence-electron chi connectivity index (χ4n) is 5.28. The van der Waals surface area contributed by atoms with E-state index >= 15 is 0 Å². The van der Waals surface area contributed by atoms with E-state index in [9.17, 15) is 9.59 Å². The van der Waals surface area contributed by atoms with Gasteiger partial charge < -0.3 is 9.47 Å². The number of benzene rings is 2. The van der Waals surface area contributed by atoms with Gasteiger partial charge in [0, 0.05) is 11.8 Å². The summed E-state index contributed by atoms with van der Waals surface area (Å²) in [4.78, 5) is 26.3. The fraction of sp³-hybridized carbons (Fsp3) is 0.333. The second-order valence-corrected chi connectivity index (χ2v) is 8.41. The van der Waals surface area contributed by atoms with Gasteiger partial charge in [0.15, 0.2) is 0 Å². The molecule has 0 aromatic heterocycles. The Bertz CT molecular complexity index is 1000. The van der Waals surface area contributed by atoms with Crippen LogP contribution in [0, 0.1) is 5.41 Å². The molecule has 5 heteroatoms. The standard InChI is InChI=1S/C24H23ClO4/c1-23(2,13-25)24-16-11-7-5-9-14(16)18(15-10-6-8-12-17(15)24)19(21(26)28-3)20(24)22(27)29-4/h5-12,18H,13H2,1-4H3. The predicted molar refractivity (Wildman–Crippen MR) is 111 cm³/mol. The summed E-state index contributed by atoms with van der Waals surface area (Å²) in [6.07, 6.45) is 0. The van der Waals surface area contributed by atoms with Crippen molar-refractivity contribution in [3.63, 3.8) is 0 Å². The third kappa shape index (κ3) is 2.32. The minimum absolute atomic E-state index is 0.273. The second-order valence-electron chi connectivity index (χ2n) is 8.15. The fourth-order valence-corrected chi connectivity index (χ4v) is 5.48. The third-order valence-corrected chi connectivity index (χ3v) is 7.10. The number of esters is 2. The minimum Gasteiger partial charge on any atom is -0.466 e. The zero-order valence-electron chi connectivity index (χ0n) is 16.9. The molecule has 0 amide bonds. The molecule has 2 aromatic rings. The van der Waals surface area contributed by atoms with Gasteiger partial charge in [-0.3, -0.25) is 0 Å². The maximum Gasteiger partial charge on any atom is 0.335 e. The van der Waals surface area contributed by atoms with Crippen molar-refractivity contribution in [3.05, 3.63) is 81.9 Å². The summed E-state index contributed by atoms with van der Waals surface area (Å²) in [6.45, 7) is 4.05. The Morgan fingerprint density at radius 3 is 1.86 bits per heavy atom. The molecule has 0 fully saturated rings. The second kappa shape index (κ2) is 6.74. The van der Waals surface area contributed by atoms with E-state index in [1.54, 1.807) is 0 Å². The molecule has 5 rings (SSSR count). The van der Waals surface area contributed by atoms with E-state index in [1.165, 1.54) is 14.2 Å². The molecule has 0 heterocycles. The van der Waals surface area contributed by atoms with Crippen molar-refractivity contribution in [2.45, 2.75) is 25.2 Å². The lowest BCUT2D eigenvalue weighted by Crippen LogP contribution is -2.55. The lowest BCUT2D eigenvalue weighted by molar-refractivity contribution is -0.140. The highest BCUT2D eigenvalue weighted by atomic mass is 35.5. The molecule has 0 atom stereocenters. The van der Waals surface area contributed by atoms with Crippen LogP contribution in [-0.2, 0) is 24.5 Å². The molecule has 3 aliphatic rings. The first-order chi connectivity index (χ1) is 13.9. The molecule has 4 nitrogen and oxygen atoms in total. The molecule has 0 saturated heterocycles. The van der Waals surface area contributed by atoms with Gasteiger partial charge >= 0.3 is 11.9 Å². The number of carbonyl (C=O) groups is 2. The minimum atomic E-state index is -0.937. The number of alkyl halides is 1. The quantitative estimate of drug-likeness (QED) is 0.555. The maximum absolute atomic E-state index is 13.2. The summed E-state index contributed by atoms with van der Waals surface area (Å²) >= 11 is 6.53. The van der Waals surface area contributed by atoms with Gasteiger partial charge in [0.2, 0.25) is 0 Å². The van der Waals surface area contributed by atoms with E-state index in [2.05, 4.69) is 0 Å². The van der Waals surface area contributed by atoms with Gasteiger partial charge in [-0.1, -0.05) is 62.4 Å². The van der Waals surface area contributed by atoms with Gasteiger partial charge in [0.25, 0.3) is 0 Å². The lowest BCUT2D eigenvalue weighted by atomic mass is 9.45. The maximum atomic E-state index is 13.2. The molecule has 0 unspecified atom stereocenters. The van der Waals surface area contributed by atoms with Crippen molar-refractivity contribution in [2.24, 2.45) is 5.41 Å². The molecule has 0 saturated carbocycles. The molecule has 0 radical (unpaired) electrons. The first kappa shape index (κ1) is 19.7. The van der Waals surface area contributed by atoms with Gasteiger partial charge in [-0.25, -0.2) is 9.59 Å². The zero-order chi connectivity index (χ0) is 21.0. The van der Waals surface area contributed by atoms with E-state index in [1.807, 2.05) is 62.4 Å². The number of rotatable bonds is 4. The van der Waals surface area contributed by atoms with Crippen LogP contribution in [0.2, 0.25) is 0 Å². The smallest absolute Gasteiger partial charge is 0.335 e. The normalized spacial score (nSPS) is 22.0. The SMILES string of the molecule is COC(=O)C1=C(C(=O)OC)C2(C(C)(C)CCl)c3ccccc3C1c1ccccc12. The Kier molecular flexibility index (Phi) is 4.58. The van der Waals surface area contributed by atoms with Gasteiger partial charge in [-0.05, 0) is 27.7 Å². The van der Waals surface area contributed by atoms with Crippen LogP contribution in [0.5, 0.6) is 0 Å². The first-order valence-corrected chi connectivity index (χ1v) is 10.1. The molecule has 29 heavy (non-hydrogen) atoms. The van der Waals surface area contributed by atoms with Gasteiger partial charge in [0.1, 0.15) is 0 Å². The highest BCUT2D eigenvalue weighted by Crippen LogP contribution is 2.65. The Balaban J connectivity index is 2.27. The highest BCUT2D eigenvalue weighted by molar-refractivity contribution is 6.18. The molecule has 3 aliphatic carbocycles. The molecule has 2 aromatic carbocycles. The summed E-state index contributed by atoms with van der Waals surface area (Å²) < 4.78 is 10.4. The molecular weight excluding hydrogens is 388 g/mol. The first-order valence-electron chi connectivity index (χ1n) is 9.52. The van der Waals surface area contributed by atoms with Crippen LogP contribution < -0.4 is 0 Å². The van der Waals surface area contributed by atoms with Crippen molar-refractivity contribution >= 4 is 23.5 Å². The van der Waals surface area contributed by atoms with Gasteiger partial charge in [0.05, 0.1) is 30.8 Å². The van der Waals surface area contributed by atoms with E-state index in [-0.39, 0.29) is 5.88 Å². The molecule has 2 bridgehead atoms. The summed E-state index contributed by atoms with van der Waals surface area (Å²) in [6, 6.07) is 15.9. The topological polar surface area (TPSA) is 52.6 Å². The van der Waals surface area contributed by atoms with E-state index < -0.39 is 28.7 Å². The van der Waals surface area contributed by atoms with E-state index in [4.69, 9.17) is 21.1 Å². The largest absolute Gasteiger partial charge is 0.466 e. The molecule has 0 N–H and O–H groups in total. The van der Waals surface area contributed by atoms with E-state index in [0.29, 0.717) is 11.1 Å². The third-order valence-electron chi connectivity index (χ3n) is 6.43. The molecule has 0 aliphatic heterocycles. The number of carbonyl (C=O) groups excluding carboxylic acids is 2. The van der Waals surface area contributed by atoms with Crippen LogP contribution >= 0.6 is 11.6 Å². The van der Waals surface area contributed by atoms with Crippen molar-refractivity contribution in [2.75, 3.05) is 20.1 Å². The van der Waals surface area contributed by atoms with Crippen LogP contribution in [0.3, 0.4) is 0 Å². The Hall–Kier alpha value is -2.59. The number of halogens is 1. The predicted octanol–water partition coefficient (Wildman–Crippen LogP) is 4.34. The Morgan fingerprint density at radius 1 is 0.931 bits per heavy atom. The zero-order valence-corrected chi connectivity index (χ0v) is 17.7. The summed E-state index contributed by atoms with van der Waals surface area (Å²) in [5.74, 6) is -1.17. The molecular formula is C24H23ClO4. The Labute approximate surface area is 175 Å². The highest BCUT2D eigenvalue weighted by Gasteiger charge is 2.62. The average molecular weight is 411 g/mol. The van der Waals surface area contributed by atoms with Gasteiger partial charge in [-0.15, -0.1) is 11.6 Å². The molecule has 0 spiro atoms. The number of ether oxygens (including phenoxy) is 2. The number of methoxy groups -OCH3 is 2. The summed E-state index contributed by atoms with van der Waals surface area (Å²) in [7, 11) is 2.68. The number of hydrogen-bond donors (Lipinski definition) is 0. The van der Waals surface area contributed by atoms with Crippen molar-refractivity contribution < 1.29 is 19.1 Å². The Morgan fingerprint density at radius 2 is 1.41 bits per heavy atom. The van der Waals surface area contributed by atoms with Crippen molar-refractivity contribution in [1.29, 1.82) is 0 Å². The average Bonchev–Trinajstić information content (AvgIpc) is 2.77. The lowest BCUT2D eigenvalue weighted by Gasteiger charge is -2.56. The molecule has 150 valence electrons. The van der Waals surface area contributed by atoms with Crippen LogP contribution in [0.25, 0.3) is 0 Å². The monoisotopic (exact) mass is 410 g/mol. The van der Waals surface area contributed by atoms with Crippen LogP contribution in [0.15, 0.2) is 59.7 Å². The van der Waals surface area contributed by atoms with E-state index in [0.717, 1.165) is 22.3 Å². The summed E-state index contributed by atoms with van der Waals surface area (Å²) in [5, 5.41) is 0. The van der Waals surface area contributed by atoms with Gasteiger partial charge in [-0.2, -0.15) is 0 Å². The van der Waals surface area contributed by atoms with Crippen molar-refractivity contribution in [1.82, 2.24) is 0 Å². The van der Waals surface area contributed by atoms with Crippen molar-refractivity contribution in [3.8, 4) is 0 Å². The summed E-state index contributed by atoms with van der Waals surface area (Å²) in [5.41, 5.74) is 3.11.